The molecule has 146 valence electrons. The molecule has 4 N–H and O–H groups in total. The summed E-state index contributed by atoms with van der Waals surface area (Å²) in [5, 5.41) is 11.5. The number of ether oxygens (including phenoxy) is 1. The van der Waals surface area contributed by atoms with Gasteiger partial charge in [-0.1, -0.05) is 23.8 Å². The minimum Gasteiger partial charge on any atom is -0.440 e. The minimum absolute atomic E-state index is 0.0555. The summed E-state index contributed by atoms with van der Waals surface area (Å²) in [5.74, 6) is -1.92. The molecular formula is C20H15N3O6. The van der Waals surface area contributed by atoms with E-state index in [-0.39, 0.29) is 28.5 Å². The first-order valence-corrected chi connectivity index (χ1v) is 8.57. The van der Waals surface area contributed by atoms with Gasteiger partial charge in [0, 0.05) is 12.1 Å². The third-order valence-electron chi connectivity index (χ3n) is 4.80. The van der Waals surface area contributed by atoms with Gasteiger partial charge in [-0.3, -0.25) is 14.9 Å². The molecule has 1 unspecified atom stereocenters. The van der Waals surface area contributed by atoms with Crippen molar-refractivity contribution in [2.75, 3.05) is 0 Å². The Hall–Kier alpha value is -4.14. The molecule has 1 aliphatic heterocycles. The molecule has 3 aromatic rings. The second kappa shape index (κ2) is 6.48. The van der Waals surface area contributed by atoms with Crippen LogP contribution in [-0.2, 0) is 4.79 Å². The van der Waals surface area contributed by atoms with Crippen molar-refractivity contribution in [1.29, 1.82) is 0 Å². The summed E-state index contributed by atoms with van der Waals surface area (Å²) in [4.78, 5) is 35.4. The lowest BCUT2D eigenvalue weighted by atomic mass is 9.83. The van der Waals surface area contributed by atoms with Gasteiger partial charge < -0.3 is 20.6 Å². The van der Waals surface area contributed by atoms with E-state index in [9.17, 15) is 19.7 Å². The van der Waals surface area contributed by atoms with Crippen molar-refractivity contribution in [3.8, 4) is 5.75 Å². The van der Waals surface area contributed by atoms with Crippen LogP contribution in [0.2, 0.25) is 0 Å². The van der Waals surface area contributed by atoms with E-state index in [1.165, 1.54) is 24.3 Å². The van der Waals surface area contributed by atoms with Gasteiger partial charge in [-0.25, -0.2) is 4.79 Å². The summed E-state index contributed by atoms with van der Waals surface area (Å²) < 4.78 is 11.1. The average molecular weight is 393 g/mol. The zero-order valence-corrected chi connectivity index (χ0v) is 15.2. The summed E-state index contributed by atoms with van der Waals surface area (Å²) in [6, 6.07) is 10.6. The molecule has 2 aromatic carbocycles. The summed E-state index contributed by atoms with van der Waals surface area (Å²) in [7, 11) is 0. The molecule has 1 atom stereocenters. The Balaban J connectivity index is 2.04. The number of hydrogen-bond acceptors (Lipinski definition) is 7. The molecule has 0 bridgehead atoms. The zero-order valence-electron chi connectivity index (χ0n) is 15.2. The Morgan fingerprint density at radius 1 is 1.17 bits per heavy atom. The predicted octanol–water partition coefficient (Wildman–Crippen LogP) is 2.19. The number of hydrogen-bond donors (Lipinski definition) is 2. The van der Waals surface area contributed by atoms with Crippen molar-refractivity contribution in [2.24, 2.45) is 11.5 Å². The molecule has 0 aliphatic carbocycles. The first-order valence-electron chi connectivity index (χ1n) is 8.57. The van der Waals surface area contributed by atoms with Gasteiger partial charge >= 0.3 is 5.63 Å². The molecule has 4 rings (SSSR count). The van der Waals surface area contributed by atoms with Gasteiger partial charge in [0.2, 0.25) is 5.88 Å². The number of carbonyl (C=O) groups is 1. The number of rotatable bonds is 3. The molecule has 29 heavy (non-hydrogen) atoms. The number of amides is 1. The van der Waals surface area contributed by atoms with Crippen molar-refractivity contribution in [3.63, 3.8) is 0 Å². The highest BCUT2D eigenvalue weighted by molar-refractivity contribution is 5.97. The molecule has 0 spiro atoms. The summed E-state index contributed by atoms with van der Waals surface area (Å²) >= 11 is 0. The number of fused-ring (bicyclic) bond motifs is 3. The normalized spacial score (nSPS) is 15.7. The van der Waals surface area contributed by atoms with E-state index in [2.05, 4.69) is 0 Å². The Morgan fingerprint density at radius 2 is 1.86 bits per heavy atom. The van der Waals surface area contributed by atoms with Crippen LogP contribution in [0, 0.1) is 17.0 Å². The van der Waals surface area contributed by atoms with Gasteiger partial charge in [0.15, 0.2) is 5.75 Å². The minimum atomic E-state index is -0.988. The van der Waals surface area contributed by atoms with E-state index in [0.717, 1.165) is 5.56 Å². The van der Waals surface area contributed by atoms with Crippen LogP contribution in [0.4, 0.5) is 5.69 Å². The second-order valence-corrected chi connectivity index (χ2v) is 6.66. The standard InChI is InChI=1S/C20H15N3O6/c1-9-2-7-13-12(8-9)17-15(20(25)28-13)14(16(18(21)24)19(22)29-17)10-3-5-11(6-4-10)23(26)27/h2-8,14H,22H2,1H3,(H2,21,24). The van der Waals surface area contributed by atoms with Crippen LogP contribution in [0.1, 0.15) is 22.6 Å². The van der Waals surface area contributed by atoms with Crippen molar-refractivity contribution in [3.05, 3.63) is 91.1 Å². The van der Waals surface area contributed by atoms with Crippen LogP contribution in [-0.4, -0.2) is 10.8 Å². The predicted molar refractivity (Wildman–Crippen MR) is 103 cm³/mol. The molecule has 0 radical (unpaired) electrons. The fraction of sp³-hybridized carbons (Fsp3) is 0.100. The molecular weight excluding hydrogens is 378 g/mol. The third kappa shape index (κ3) is 2.89. The fourth-order valence-electron chi connectivity index (χ4n) is 3.50. The topological polar surface area (TPSA) is 152 Å². The van der Waals surface area contributed by atoms with Crippen LogP contribution < -0.4 is 21.8 Å². The molecule has 0 saturated heterocycles. The highest BCUT2D eigenvalue weighted by Gasteiger charge is 2.37. The number of benzene rings is 2. The van der Waals surface area contributed by atoms with Crippen molar-refractivity contribution >= 4 is 22.6 Å². The number of carbonyl (C=O) groups excluding carboxylic acids is 1. The lowest BCUT2D eigenvalue weighted by molar-refractivity contribution is -0.384. The summed E-state index contributed by atoms with van der Waals surface area (Å²) in [6.07, 6.45) is 0. The van der Waals surface area contributed by atoms with Gasteiger partial charge in [-0.05, 0) is 24.6 Å². The molecule has 1 amide bonds. The molecule has 9 heteroatoms. The number of aryl methyl sites for hydroxylation is 1. The Labute approximate surface area is 163 Å². The molecule has 2 heterocycles. The van der Waals surface area contributed by atoms with Gasteiger partial charge in [-0.2, -0.15) is 0 Å². The lowest BCUT2D eigenvalue weighted by Gasteiger charge is -2.27. The van der Waals surface area contributed by atoms with Crippen LogP contribution in [0.3, 0.4) is 0 Å². The quantitative estimate of drug-likeness (QED) is 0.393. The smallest absolute Gasteiger partial charge is 0.344 e. The maximum Gasteiger partial charge on any atom is 0.344 e. The van der Waals surface area contributed by atoms with Crippen molar-refractivity contribution in [2.45, 2.75) is 12.8 Å². The van der Waals surface area contributed by atoms with Crippen LogP contribution in [0.5, 0.6) is 5.75 Å². The van der Waals surface area contributed by atoms with E-state index in [1.807, 2.05) is 6.92 Å². The molecule has 0 saturated carbocycles. The first kappa shape index (κ1) is 18.2. The molecule has 0 fully saturated rings. The number of nitrogens with zero attached hydrogens (tertiary/aromatic N) is 1. The lowest BCUT2D eigenvalue weighted by Crippen LogP contribution is -2.33. The maximum absolute atomic E-state index is 12.8. The first-order chi connectivity index (χ1) is 13.8. The SMILES string of the molecule is Cc1ccc2oc(=O)c3c(c2c1)OC(N)=C(C(N)=O)C3c1ccc([N+](=O)[O-])cc1. The Kier molecular flexibility index (Phi) is 4.08. The largest absolute Gasteiger partial charge is 0.440 e. The highest BCUT2D eigenvalue weighted by atomic mass is 16.6. The Bertz CT molecular complexity index is 1270. The maximum atomic E-state index is 12.8. The molecule has 1 aliphatic rings. The number of nitro groups is 1. The summed E-state index contributed by atoms with van der Waals surface area (Å²) in [6.45, 7) is 1.86. The molecule has 1 aromatic heterocycles. The van der Waals surface area contributed by atoms with E-state index < -0.39 is 22.4 Å². The van der Waals surface area contributed by atoms with Crippen molar-refractivity contribution < 1.29 is 18.9 Å². The van der Waals surface area contributed by atoms with Crippen LogP contribution >= 0.6 is 0 Å². The van der Waals surface area contributed by atoms with Crippen LogP contribution in [0.25, 0.3) is 11.0 Å². The van der Waals surface area contributed by atoms with E-state index >= 15 is 0 Å². The van der Waals surface area contributed by atoms with Gasteiger partial charge in [0.25, 0.3) is 11.6 Å². The zero-order chi connectivity index (χ0) is 20.9. The Morgan fingerprint density at radius 3 is 2.48 bits per heavy atom. The van der Waals surface area contributed by atoms with E-state index in [1.54, 1.807) is 18.2 Å². The fourth-order valence-corrected chi connectivity index (χ4v) is 3.50. The monoisotopic (exact) mass is 393 g/mol. The number of nitrogens with two attached hydrogens (primary N) is 2. The van der Waals surface area contributed by atoms with Crippen molar-refractivity contribution in [1.82, 2.24) is 0 Å². The van der Waals surface area contributed by atoms with Gasteiger partial charge in [-0.15, -0.1) is 0 Å². The average Bonchev–Trinajstić information content (AvgIpc) is 2.67. The second-order valence-electron chi connectivity index (χ2n) is 6.66. The number of primary amides is 1. The third-order valence-corrected chi connectivity index (χ3v) is 4.80. The van der Waals surface area contributed by atoms with E-state index in [4.69, 9.17) is 20.6 Å². The van der Waals surface area contributed by atoms with Crippen LogP contribution in [0.15, 0.2) is 63.1 Å². The number of nitro benzene ring substituents is 1. The summed E-state index contributed by atoms with van der Waals surface area (Å²) in [5.41, 5.74) is 12.2. The van der Waals surface area contributed by atoms with E-state index in [0.29, 0.717) is 16.5 Å². The van der Waals surface area contributed by atoms with Gasteiger partial charge in [0.05, 0.1) is 27.4 Å². The number of non-ortho nitro benzene ring substituents is 1. The molecule has 9 nitrogen and oxygen atoms in total. The highest BCUT2D eigenvalue weighted by Crippen LogP contribution is 2.43. The van der Waals surface area contributed by atoms with Gasteiger partial charge in [0.1, 0.15) is 5.58 Å².